The van der Waals surface area contributed by atoms with E-state index >= 15 is 0 Å². The minimum Gasteiger partial charge on any atom is -0.370 e. The summed E-state index contributed by atoms with van der Waals surface area (Å²) in [6, 6.07) is 8.32. The number of hydrogen-bond donors (Lipinski definition) is 2. The predicted octanol–water partition coefficient (Wildman–Crippen LogP) is 4.08. The predicted molar refractivity (Wildman–Crippen MR) is 96.9 cm³/mol. The molecule has 1 heterocycles. The van der Waals surface area contributed by atoms with Gasteiger partial charge in [-0.25, -0.2) is 13.8 Å². The van der Waals surface area contributed by atoms with Gasteiger partial charge in [-0.15, -0.1) is 0 Å². The number of rotatable bonds is 3. The SMILES string of the molecule is C=C(N=C(N)N)c1ccc2c(Cl)cnc(-c3cc(F)ccc3F)c2c1. The van der Waals surface area contributed by atoms with Gasteiger partial charge in [-0.1, -0.05) is 30.3 Å². The number of guanidine groups is 1. The molecule has 0 saturated heterocycles. The van der Waals surface area contributed by atoms with E-state index in [1.165, 1.54) is 6.20 Å². The quantitative estimate of drug-likeness (QED) is 0.547. The lowest BCUT2D eigenvalue weighted by atomic mass is 10.0. The number of benzene rings is 2. The summed E-state index contributed by atoms with van der Waals surface area (Å²) in [6.07, 6.45) is 1.40. The van der Waals surface area contributed by atoms with E-state index in [2.05, 4.69) is 16.6 Å². The highest BCUT2D eigenvalue weighted by atomic mass is 35.5. The first-order valence-electron chi connectivity index (χ1n) is 7.19. The maximum Gasteiger partial charge on any atom is 0.191 e. The zero-order valence-electron chi connectivity index (χ0n) is 12.9. The van der Waals surface area contributed by atoms with Crippen LogP contribution in [-0.4, -0.2) is 10.9 Å². The molecule has 3 rings (SSSR count). The Morgan fingerprint density at radius 2 is 1.84 bits per heavy atom. The normalized spacial score (nSPS) is 10.7. The molecule has 3 aromatic rings. The average molecular weight is 359 g/mol. The lowest BCUT2D eigenvalue weighted by molar-refractivity contribution is 0.603. The van der Waals surface area contributed by atoms with E-state index < -0.39 is 11.6 Å². The number of hydrogen-bond acceptors (Lipinski definition) is 2. The molecule has 0 radical (unpaired) electrons. The zero-order chi connectivity index (χ0) is 18.1. The minimum absolute atomic E-state index is 0.0336. The van der Waals surface area contributed by atoms with Crippen LogP contribution in [0.25, 0.3) is 27.7 Å². The third kappa shape index (κ3) is 3.29. The summed E-state index contributed by atoms with van der Waals surface area (Å²) in [7, 11) is 0. The molecule has 7 heteroatoms. The monoisotopic (exact) mass is 358 g/mol. The number of pyridine rings is 1. The Kier molecular flexibility index (Phi) is 4.37. The number of aliphatic imine (C=N–C) groups is 1. The Balaban J connectivity index is 2.29. The lowest BCUT2D eigenvalue weighted by Gasteiger charge is -2.10. The second-order valence-electron chi connectivity index (χ2n) is 5.32. The van der Waals surface area contributed by atoms with E-state index in [9.17, 15) is 8.78 Å². The summed E-state index contributed by atoms with van der Waals surface area (Å²) in [5.74, 6) is -1.29. The average Bonchev–Trinajstić information content (AvgIpc) is 2.57. The van der Waals surface area contributed by atoms with Gasteiger partial charge in [-0.2, -0.15) is 0 Å². The molecule has 4 N–H and O–H groups in total. The lowest BCUT2D eigenvalue weighted by Crippen LogP contribution is -2.22. The van der Waals surface area contributed by atoms with Crippen LogP contribution in [0.4, 0.5) is 8.78 Å². The van der Waals surface area contributed by atoms with Crippen molar-refractivity contribution in [3.63, 3.8) is 0 Å². The summed E-state index contributed by atoms with van der Waals surface area (Å²) in [5.41, 5.74) is 12.0. The first kappa shape index (κ1) is 16.9. The molecule has 1 aromatic heterocycles. The van der Waals surface area contributed by atoms with Crippen molar-refractivity contribution >= 4 is 34.0 Å². The van der Waals surface area contributed by atoms with Gasteiger partial charge in [0.2, 0.25) is 0 Å². The van der Waals surface area contributed by atoms with Gasteiger partial charge in [-0.3, -0.25) is 4.98 Å². The van der Waals surface area contributed by atoms with E-state index in [4.69, 9.17) is 23.1 Å². The van der Waals surface area contributed by atoms with Crippen molar-refractivity contribution in [2.24, 2.45) is 16.5 Å². The fraction of sp³-hybridized carbons (Fsp3) is 0. The zero-order valence-corrected chi connectivity index (χ0v) is 13.7. The second kappa shape index (κ2) is 6.49. The molecule has 25 heavy (non-hydrogen) atoms. The molecule has 126 valence electrons. The summed E-state index contributed by atoms with van der Waals surface area (Å²) < 4.78 is 27.8. The van der Waals surface area contributed by atoms with E-state index in [0.717, 1.165) is 18.2 Å². The van der Waals surface area contributed by atoms with Crippen LogP contribution < -0.4 is 11.5 Å². The third-order valence-electron chi connectivity index (χ3n) is 3.62. The number of nitrogens with two attached hydrogens (primary N) is 2. The molecule has 0 unspecified atom stereocenters. The highest BCUT2D eigenvalue weighted by molar-refractivity contribution is 6.35. The van der Waals surface area contributed by atoms with Gasteiger partial charge in [0.25, 0.3) is 0 Å². The van der Waals surface area contributed by atoms with Crippen LogP contribution in [0.2, 0.25) is 5.02 Å². The molecular weight excluding hydrogens is 346 g/mol. The van der Waals surface area contributed by atoms with E-state index in [-0.39, 0.29) is 17.2 Å². The van der Waals surface area contributed by atoms with Gasteiger partial charge in [0.05, 0.1) is 16.4 Å². The van der Waals surface area contributed by atoms with E-state index in [0.29, 0.717) is 27.1 Å². The molecule has 0 aliphatic carbocycles. The van der Waals surface area contributed by atoms with Crippen molar-refractivity contribution in [3.05, 3.63) is 71.4 Å². The fourth-order valence-corrected chi connectivity index (χ4v) is 2.72. The van der Waals surface area contributed by atoms with Crippen molar-refractivity contribution < 1.29 is 8.78 Å². The molecule has 0 fully saturated rings. The van der Waals surface area contributed by atoms with Gasteiger partial charge in [0.1, 0.15) is 11.6 Å². The summed E-state index contributed by atoms with van der Waals surface area (Å²) in [6.45, 7) is 3.79. The van der Waals surface area contributed by atoms with Crippen molar-refractivity contribution in [2.75, 3.05) is 0 Å². The van der Waals surface area contributed by atoms with Crippen molar-refractivity contribution in [3.8, 4) is 11.3 Å². The molecule has 0 aliphatic rings. The van der Waals surface area contributed by atoms with Crippen LogP contribution in [0, 0.1) is 11.6 Å². The highest BCUT2D eigenvalue weighted by Crippen LogP contribution is 2.34. The molecule has 0 aliphatic heterocycles. The molecule has 0 spiro atoms. The van der Waals surface area contributed by atoms with E-state index in [1.807, 2.05) is 0 Å². The molecule has 2 aromatic carbocycles. The van der Waals surface area contributed by atoms with Gasteiger partial charge < -0.3 is 11.5 Å². The van der Waals surface area contributed by atoms with Crippen molar-refractivity contribution in [1.29, 1.82) is 0 Å². The maximum atomic E-state index is 14.2. The molecule has 0 atom stereocenters. The molecule has 0 amide bonds. The third-order valence-corrected chi connectivity index (χ3v) is 3.92. The van der Waals surface area contributed by atoms with Crippen LogP contribution in [0.15, 0.2) is 54.2 Å². The minimum atomic E-state index is -0.592. The topological polar surface area (TPSA) is 77.3 Å². The Bertz CT molecular complexity index is 1030. The number of halogens is 3. The fourth-order valence-electron chi connectivity index (χ4n) is 2.50. The van der Waals surface area contributed by atoms with E-state index in [1.54, 1.807) is 18.2 Å². The molecule has 0 saturated carbocycles. The van der Waals surface area contributed by atoms with Gasteiger partial charge >= 0.3 is 0 Å². The van der Waals surface area contributed by atoms with Crippen molar-refractivity contribution in [1.82, 2.24) is 4.98 Å². The van der Waals surface area contributed by atoms with Gasteiger partial charge in [-0.05, 0) is 24.3 Å². The van der Waals surface area contributed by atoms with Crippen molar-refractivity contribution in [2.45, 2.75) is 0 Å². The summed E-state index contributed by atoms with van der Waals surface area (Å²) in [5, 5.41) is 1.55. The van der Waals surface area contributed by atoms with Crippen LogP contribution in [0.1, 0.15) is 5.56 Å². The smallest absolute Gasteiger partial charge is 0.191 e. The summed E-state index contributed by atoms with van der Waals surface area (Å²) >= 11 is 6.18. The first-order chi connectivity index (χ1) is 11.9. The van der Waals surface area contributed by atoms with Gasteiger partial charge in [0.15, 0.2) is 5.96 Å². The van der Waals surface area contributed by atoms with Crippen LogP contribution in [0.3, 0.4) is 0 Å². The van der Waals surface area contributed by atoms with Gasteiger partial charge in [0, 0.05) is 28.1 Å². The highest BCUT2D eigenvalue weighted by Gasteiger charge is 2.14. The first-order valence-corrected chi connectivity index (χ1v) is 7.57. The summed E-state index contributed by atoms with van der Waals surface area (Å²) in [4.78, 5) is 8.09. The number of nitrogens with zero attached hydrogens (tertiary/aromatic N) is 2. The molecular formula is C18H13ClF2N4. The largest absolute Gasteiger partial charge is 0.370 e. The Hall–Kier alpha value is -2.99. The Morgan fingerprint density at radius 1 is 1.08 bits per heavy atom. The van der Waals surface area contributed by atoms with Crippen LogP contribution in [0.5, 0.6) is 0 Å². The number of aromatic nitrogens is 1. The Morgan fingerprint density at radius 3 is 2.56 bits per heavy atom. The second-order valence-corrected chi connectivity index (χ2v) is 5.73. The standard InChI is InChI=1S/C18H13ClF2N4/c1-9(25-18(22)23)10-2-4-12-13(6-10)17(24-8-15(12)19)14-7-11(20)3-5-16(14)21/h2-8H,1H2,(H4,22,23,25). The van der Waals surface area contributed by atoms with Crippen LogP contribution >= 0.6 is 11.6 Å². The number of fused-ring (bicyclic) bond motifs is 1. The molecule has 4 nitrogen and oxygen atoms in total. The Labute approximate surface area is 147 Å². The molecule has 0 bridgehead atoms. The maximum absolute atomic E-state index is 14.2. The van der Waals surface area contributed by atoms with Crippen LogP contribution in [-0.2, 0) is 0 Å².